The highest BCUT2D eigenvalue weighted by atomic mass is 16.2. The predicted molar refractivity (Wildman–Crippen MR) is 126 cm³/mol. The van der Waals surface area contributed by atoms with Crippen LogP contribution < -0.4 is 0 Å². The van der Waals surface area contributed by atoms with Crippen molar-refractivity contribution in [3.05, 3.63) is 70.3 Å². The molecule has 1 atom stereocenters. The summed E-state index contributed by atoms with van der Waals surface area (Å²) in [6.45, 7) is 7.57. The highest BCUT2D eigenvalue weighted by molar-refractivity contribution is 5.95. The molecule has 3 aliphatic heterocycles. The quantitative estimate of drug-likeness (QED) is 0.738. The van der Waals surface area contributed by atoms with Gasteiger partial charge in [-0.3, -0.25) is 9.59 Å². The van der Waals surface area contributed by atoms with Gasteiger partial charge in [0.05, 0.1) is 0 Å². The maximum Gasteiger partial charge on any atom is 0.254 e. The van der Waals surface area contributed by atoms with Gasteiger partial charge >= 0.3 is 0 Å². The Bertz CT molecular complexity index is 994. The van der Waals surface area contributed by atoms with Crippen molar-refractivity contribution in [3.63, 3.8) is 0 Å². The van der Waals surface area contributed by atoms with Gasteiger partial charge in [-0.1, -0.05) is 23.8 Å². The molecule has 5 rings (SSSR count). The summed E-state index contributed by atoms with van der Waals surface area (Å²) < 4.78 is 0. The zero-order chi connectivity index (χ0) is 22.1. The normalized spacial score (nSPS) is 21.1. The van der Waals surface area contributed by atoms with Crippen molar-refractivity contribution < 1.29 is 9.59 Å². The van der Waals surface area contributed by atoms with E-state index in [9.17, 15) is 9.59 Å². The number of amides is 2. The number of aryl methyl sites for hydroxylation is 1. The van der Waals surface area contributed by atoms with Crippen molar-refractivity contribution in [1.82, 2.24) is 14.7 Å². The third-order valence-electron chi connectivity index (χ3n) is 7.36. The second-order valence-corrected chi connectivity index (χ2v) is 9.63. The molecule has 0 saturated carbocycles. The molecule has 0 bridgehead atoms. The van der Waals surface area contributed by atoms with Gasteiger partial charge in [-0.25, -0.2) is 0 Å². The minimum absolute atomic E-state index is 0.0811. The number of likely N-dealkylation sites (tertiary alicyclic amines) is 2. The first-order chi connectivity index (χ1) is 15.6. The third-order valence-corrected chi connectivity index (χ3v) is 7.36. The highest BCUT2D eigenvalue weighted by Crippen LogP contribution is 2.26. The first kappa shape index (κ1) is 21.2. The minimum atomic E-state index is 0.0811. The number of rotatable bonds is 4. The van der Waals surface area contributed by atoms with Crippen LogP contribution in [0.3, 0.4) is 0 Å². The predicted octanol–water partition coefficient (Wildman–Crippen LogP) is 3.89. The summed E-state index contributed by atoms with van der Waals surface area (Å²) in [4.78, 5) is 32.8. The molecule has 2 aromatic rings. The Balaban J connectivity index is 1.27. The molecule has 168 valence electrons. The summed E-state index contributed by atoms with van der Waals surface area (Å²) in [5.41, 5.74) is 5.06. The second kappa shape index (κ2) is 9.07. The fourth-order valence-corrected chi connectivity index (χ4v) is 5.46. The van der Waals surface area contributed by atoms with E-state index in [1.165, 1.54) is 31.5 Å². The van der Waals surface area contributed by atoms with Gasteiger partial charge in [0.2, 0.25) is 0 Å². The molecule has 2 amide bonds. The third kappa shape index (κ3) is 4.31. The molecule has 0 radical (unpaired) electrons. The molecule has 0 unspecified atom stereocenters. The van der Waals surface area contributed by atoms with E-state index in [1.54, 1.807) is 0 Å². The Labute approximate surface area is 191 Å². The highest BCUT2D eigenvalue weighted by Gasteiger charge is 2.32. The van der Waals surface area contributed by atoms with Crippen LogP contribution >= 0.6 is 0 Å². The van der Waals surface area contributed by atoms with Crippen LogP contribution in [0.15, 0.2) is 42.5 Å². The van der Waals surface area contributed by atoms with Crippen molar-refractivity contribution in [2.24, 2.45) is 0 Å². The summed E-state index contributed by atoms with van der Waals surface area (Å²) >= 11 is 0. The first-order valence-corrected chi connectivity index (χ1v) is 12.1. The zero-order valence-electron chi connectivity index (χ0n) is 19.1. The Kier molecular flexibility index (Phi) is 6.01. The van der Waals surface area contributed by atoms with Gasteiger partial charge in [0.15, 0.2) is 0 Å². The maximum absolute atomic E-state index is 13.3. The van der Waals surface area contributed by atoms with E-state index in [-0.39, 0.29) is 11.8 Å². The van der Waals surface area contributed by atoms with Gasteiger partial charge < -0.3 is 14.7 Å². The lowest BCUT2D eigenvalue weighted by atomic mass is 9.96. The average Bonchev–Trinajstić information content (AvgIpc) is 3.50. The van der Waals surface area contributed by atoms with E-state index in [1.807, 2.05) is 42.2 Å². The van der Waals surface area contributed by atoms with Gasteiger partial charge in [-0.2, -0.15) is 0 Å². The average molecular weight is 432 g/mol. The molecule has 0 aromatic heterocycles. The summed E-state index contributed by atoms with van der Waals surface area (Å²) in [5.74, 6) is 0.255. The molecule has 0 N–H and O–H groups in total. The summed E-state index contributed by atoms with van der Waals surface area (Å²) in [6, 6.07) is 14.2. The van der Waals surface area contributed by atoms with Crippen LogP contribution in [0.1, 0.15) is 63.1 Å². The van der Waals surface area contributed by atoms with Gasteiger partial charge in [-0.05, 0) is 87.5 Å². The molecular formula is C27H33N3O2. The van der Waals surface area contributed by atoms with E-state index in [0.717, 1.165) is 54.6 Å². The molecule has 2 saturated heterocycles. The lowest BCUT2D eigenvalue weighted by Crippen LogP contribution is -2.42. The number of hydrogen-bond acceptors (Lipinski definition) is 3. The van der Waals surface area contributed by atoms with Crippen molar-refractivity contribution in [2.45, 2.75) is 51.6 Å². The van der Waals surface area contributed by atoms with Gasteiger partial charge in [0.1, 0.15) is 0 Å². The lowest BCUT2D eigenvalue weighted by molar-refractivity contribution is 0.0703. The monoisotopic (exact) mass is 431 g/mol. The van der Waals surface area contributed by atoms with Crippen LogP contribution in [0.25, 0.3) is 0 Å². The Morgan fingerprint density at radius 2 is 1.59 bits per heavy atom. The molecule has 32 heavy (non-hydrogen) atoms. The molecule has 5 heteroatoms. The van der Waals surface area contributed by atoms with E-state index in [0.29, 0.717) is 19.1 Å². The Morgan fingerprint density at radius 3 is 2.38 bits per heavy atom. The fraction of sp³-hybridized carbons (Fsp3) is 0.481. The molecule has 3 heterocycles. The topological polar surface area (TPSA) is 43.9 Å². The second-order valence-electron chi connectivity index (χ2n) is 9.63. The van der Waals surface area contributed by atoms with E-state index in [2.05, 4.69) is 21.9 Å². The Morgan fingerprint density at radius 1 is 0.844 bits per heavy atom. The molecule has 3 aliphatic rings. The molecule has 0 spiro atoms. The summed E-state index contributed by atoms with van der Waals surface area (Å²) in [7, 11) is 0. The minimum Gasteiger partial charge on any atom is -0.334 e. The van der Waals surface area contributed by atoms with E-state index < -0.39 is 0 Å². The Hall–Kier alpha value is -2.66. The standard InChI is InChI=1S/C27H33N3O2/c1-20-6-8-21(9-7-20)26(31)29-16-12-22-17-23(10-11-24(22)18-29)27(32)30-15-4-5-25(30)19-28-13-2-3-14-28/h6-11,17,25H,2-5,12-16,18-19H2,1H3/t25-/m0/s1. The molecule has 0 aliphatic carbocycles. The smallest absolute Gasteiger partial charge is 0.254 e. The first-order valence-electron chi connectivity index (χ1n) is 12.1. The number of nitrogens with zero attached hydrogens (tertiary/aromatic N) is 3. The largest absolute Gasteiger partial charge is 0.334 e. The molecule has 2 fully saturated rings. The van der Waals surface area contributed by atoms with Crippen molar-refractivity contribution >= 4 is 11.8 Å². The summed E-state index contributed by atoms with van der Waals surface area (Å²) in [5, 5.41) is 0. The van der Waals surface area contributed by atoms with Gasteiger partial charge in [-0.15, -0.1) is 0 Å². The van der Waals surface area contributed by atoms with Gasteiger partial charge in [0, 0.05) is 43.3 Å². The van der Waals surface area contributed by atoms with Crippen LogP contribution in [0.2, 0.25) is 0 Å². The van der Waals surface area contributed by atoms with Crippen LogP contribution in [0.4, 0.5) is 0 Å². The fourth-order valence-electron chi connectivity index (χ4n) is 5.46. The van der Waals surface area contributed by atoms with Crippen molar-refractivity contribution in [2.75, 3.05) is 32.7 Å². The molecule has 5 nitrogen and oxygen atoms in total. The van der Waals surface area contributed by atoms with Gasteiger partial charge in [0.25, 0.3) is 11.8 Å². The van der Waals surface area contributed by atoms with Crippen LogP contribution in [-0.2, 0) is 13.0 Å². The van der Waals surface area contributed by atoms with Crippen LogP contribution in [0, 0.1) is 6.92 Å². The van der Waals surface area contributed by atoms with Crippen LogP contribution in [-0.4, -0.2) is 65.3 Å². The van der Waals surface area contributed by atoms with Crippen molar-refractivity contribution in [3.8, 4) is 0 Å². The molecule has 2 aromatic carbocycles. The summed E-state index contributed by atoms with van der Waals surface area (Å²) in [6.07, 6.45) is 5.59. The maximum atomic E-state index is 13.3. The lowest BCUT2D eigenvalue weighted by Gasteiger charge is -2.31. The van der Waals surface area contributed by atoms with E-state index in [4.69, 9.17) is 0 Å². The molecular weight excluding hydrogens is 398 g/mol. The number of hydrogen-bond donors (Lipinski definition) is 0. The number of fused-ring (bicyclic) bond motifs is 1. The van der Waals surface area contributed by atoms with Crippen LogP contribution in [0.5, 0.6) is 0 Å². The van der Waals surface area contributed by atoms with Crippen molar-refractivity contribution in [1.29, 1.82) is 0 Å². The number of carbonyl (C=O) groups excluding carboxylic acids is 2. The number of carbonyl (C=O) groups is 2. The zero-order valence-corrected chi connectivity index (χ0v) is 19.1. The van der Waals surface area contributed by atoms with E-state index >= 15 is 0 Å². The number of benzene rings is 2. The SMILES string of the molecule is Cc1ccc(C(=O)N2CCc3cc(C(=O)N4CCC[C@H]4CN4CCCC4)ccc3C2)cc1.